The first-order chi connectivity index (χ1) is 13.8. The molecular weight excluding hydrogens is 538 g/mol. The molecule has 12 heteroatoms. The summed E-state index contributed by atoms with van der Waals surface area (Å²) in [7, 11) is 0. The summed E-state index contributed by atoms with van der Waals surface area (Å²) in [6.45, 7) is 0. The van der Waals surface area contributed by atoms with Crippen LogP contribution in [0.1, 0.15) is 0 Å². The zero-order valence-corrected chi connectivity index (χ0v) is 22.5. The van der Waals surface area contributed by atoms with E-state index in [1.165, 1.54) is 0 Å². The Balaban J connectivity index is 5.05. The first-order valence-corrected chi connectivity index (χ1v) is 15.8. The lowest BCUT2D eigenvalue weighted by atomic mass is 9.99. The minimum atomic E-state index is -0.554. The zero-order chi connectivity index (χ0) is 22.1. The van der Waals surface area contributed by atoms with Crippen molar-refractivity contribution in [3.63, 3.8) is 0 Å². The van der Waals surface area contributed by atoms with Crippen molar-refractivity contribution in [2.45, 2.75) is 24.4 Å². The highest BCUT2D eigenvalue weighted by Crippen LogP contribution is 2.36. The van der Waals surface area contributed by atoms with Gasteiger partial charge in [-0.1, -0.05) is 0 Å². The van der Waals surface area contributed by atoms with Crippen molar-refractivity contribution in [3.8, 4) is 0 Å². The van der Waals surface area contributed by atoms with Gasteiger partial charge in [0, 0.05) is 75.0 Å². The molecule has 4 unspecified atom stereocenters. The Bertz CT molecular complexity index is 322. The molecular formula is C17H32Cl4O4S4. The molecule has 0 saturated carbocycles. The van der Waals surface area contributed by atoms with Gasteiger partial charge in [-0.15, -0.1) is 46.4 Å². The van der Waals surface area contributed by atoms with Crippen LogP contribution in [-0.4, -0.2) is 114 Å². The van der Waals surface area contributed by atoms with Crippen molar-refractivity contribution in [3.05, 3.63) is 0 Å². The summed E-state index contributed by atoms with van der Waals surface area (Å²) in [6.07, 6.45) is -2.22. The quantitative estimate of drug-likeness (QED) is 0.166. The Labute approximate surface area is 211 Å². The minimum absolute atomic E-state index is 0.124. The second kappa shape index (κ2) is 19.8. The van der Waals surface area contributed by atoms with Crippen LogP contribution >= 0.6 is 93.5 Å². The SMILES string of the molecule is OC(CCl)CSCC(CSCC(O)CCl)(CSCC(O)CCl)CSCC(O)CCl. The highest BCUT2D eigenvalue weighted by atomic mass is 35.5. The second-order valence-corrected chi connectivity index (χ2v) is 12.1. The van der Waals surface area contributed by atoms with E-state index in [-0.39, 0.29) is 28.9 Å². The molecule has 0 spiro atoms. The summed E-state index contributed by atoms with van der Waals surface area (Å²) in [4.78, 5) is 0. The molecule has 176 valence electrons. The summed E-state index contributed by atoms with van der Waals surface area (Å²) in [5, 5.41) is 39.1. The fourth-order valence-corrected chi connectivity index (χ4v) is 8.79. The standard InChI is InChI=1S/C17H32Cl4O4S4/c18-1-13(22)5-26-9-17(10-27-6-14(23)2-19,11-28-7-15(24)3-20)12-29-8-16(25)4-21/h13-16,22-25H,1-12H2. The summed E-state index contributed by atoms with van der Waals surface area (Å²) >= 11 is 29.4. The number of alkyl halides is 4. The molecule has 0 heterocycles. The van der Waals surface area contributed by atoms with Crippen LogP contribution in [0.4, 0.5) is 0 Å². The molecule has 0 aliphatic carbocycles. The fraction of sp³-hybridized carbons (Fsp3) is 1.00. The van der Waals surface area contributed by atoms with Crippen LogP contribution in [0.2, 0.25) is 0 Å². The fourth-order valence-electron chi connectivity index (χ4n) is 2.07. The summed E-state index contributed by atoms with van der Waals surface area (Å²) < 4.78 is 0. The van der Waals surface area contributed by atoms with Gasteiger partial charge in [0.15, 0.2) is 0 Å². The van der Waals surface area contributed by atoms with Crippen molar-refractivity contribution in [2.24, 2.45) is 5.41 Å². The van der Waals surface area contributed by atoms with E-state index in [4.69, 9.17) is 46.4 Å². The van der Waals surface area contributed by atoms with Crippen LogP contribution in [-0.2, 0) is 0 Å². The Morgan fingerprint density at radius 1 is 0.483 bits per heavy atom. The van der Waals surface area contributed by atoms with Crippen LogP contribution in [0.5, 0.6) is 0 Å². The maximum atomic E-state index is 9.79. The van der Waals surface area contributed by atoms with Gasteiger partial charge in [0.05, 0.1) is 24.4 Å². The molecule has 0 aliphatic heterocycles. The Kier molecular flexibility index (Phi) is 21.5. The lowest BCUT2D eigenvalue weighted by Crippen LogP contribution is -2.35. The van der Waals surface area contributed by atoms with Crippen molar-refractivity contribution < 1.29 is 20.4 Å². The van der Waals surface area contributed by atoms with Crippen LogP contribution in [0.15, 0.2) is 0 Å². The summed E-state index contributed by atoms with van der Waals surface area (Å²) in [5.74, 6) is 6.14. The first kappa shape index (κ1) is 31.4. The number of hydrogen-bond acceptors (Lipinski definition) is 8. The number of thioether (sulfide) groups is 4. The van der Waals surface area contributed by atoms with E-state index in [1.54, 1.807) is 47.0 Å². The van der Waals surface area contributed by atoms with E-state index in [0.717, 1.165) is 23.0 Å². The maximum Gasteiger partial charge on any atom is 0.0765 e. The molecule has 0 aromatic heterocycles. The second-order valence-electron chi connectivity index (χ2n) is 6.79. The molecule has 0 aliphatic rings. The molecule has 29 heavy (non-hydrogen) atoms. The van der Waals surface area contributed by atoms with Crippen LogP contribution in [0, 0.1) is 5.41 Å². The van der Waals surface area contributed by atoms with E-state index in [9.17, 15) is 20.4 Å². The van der Waals surface area contributed by atoms with Gasteiger partial charge in [-0.25, -0.2) is 0 Å². The molecule has 4 N–H and O–H groups in total. The van der Waals surface area contributed by atoms with E-state index in [0.29, 0.717) is 23.0 Å². The first-order valence-electron chi connectivity index (χ1n) is 9.09. The third-order valence-corrected chi connectivity index (χ3v) is 10.8. The van der Waals surface area contributed by atoms with Crippen LogP contribution in [0.25, 0.3) is 0 Å². The topological polar surface area (TPSA) is 80.9 Å². The van der Waals surface area contributed by atoms with E-state index in [1.807, 2.05) is 0 Å². The van der Waals surface area contributed by atoms with Gasteiger partial charge in [0.1, 0.15) is 0 Å². The van der Waals surface area contributed by atoms with E-state index < -0.39 is 24.4 Å². The Hall–Kier alpha value is 2.40. The average Bonchev–Trinajstić information content (AvgIpc) is 2.72. The van der Waals surface area contributed by atoms with Gasteiger partial charge in [-0.05, 0) is 0 Å². The van der Waals surface area contributed by atoms with Gasteiger partial charge < -0.3 is 20.4 Å². The molecule has 4 atom stereocenters. The summed E-state index contributed by atoms with van der Waals surface area (Å²) in [5.41, 5.74) is -0.124. The van der Waals surface area contributed by atoms with Gasteiger partial charge in [0.25, 0.3) is 0 Å². The lowest BCUT2D eigenvalue weighted by molar-refractivity contribution is 0.223. The third-order valence-electron chi connectivity index (χ3n) is 3.59. The predicted octanol–water partition coefficient (Wildman–Crippen LogP) is 3.30. The molecule has 0 saturated heterocycles. The van der Waals surface area contributed by atoms with Gasteiger partial charge in [-0.3, -0.25) is 0 Å². The van der Waals surface area contributed by atoms with Crippen LogP contribution in [0.3, 0.4) is 0 Å². The molecule has 0 aromatic rings. The normalized spacial score (nSPS) is 18.2. The maximum absolute atomic E-state index is 9.79. The zero-order valence-electron chi connectivity index (χ0n) is 16.2. The molecule has 0 aromatic carbocycles. The Morgan fingerprint density at radius 3 is 0.862 bits per heavy atom. The monoisotopic (exact) mass is 568 g/mol. The van der Waals surface area contributed by atoms with Crippen LogP contribution < -0.4 is 0 Å². The summed E-state index contributed by atoms with van der Waals surface area (Å²) in [6, 6.07) is 0. The van der Waals surface area contributed by atoms with E-state index in [2.05, 4.69) is 0 Å². The number of rotatable bonds is 20. The predicted molar refractivity (Wildman–Crippen MR) is 139 cm³/mol. The van der Waals surface area contributed by atoms with Gasteiger partial charge in [0.2, 0.25) is 0 Å². The smallest absolute Gasteiger partial charge is 0.0765 e. The highest BCUT2D eigenvalue weighted by molar-refractivity contribution is 8.02. The average molecular weight is 571 g/mol. The van der Waals surface area contributed by atoms with E-state index >= 15 is 0 Å². The number of halogens is 4. The minimum Gasteiger partial charge on any atom is -0.391 e. The molecule has 0 fully saturated rings. The van der Waals surface area contributed by atoms with Crippen molar-refractivity contribution in [1.29, 1.82) is 0 Å². The molecule has 0 amide bonds. The largest absolute Gasteiger partial charge is 0.391 e. The number of aliphatic hydroxyl groups excluding tert-OH is 4. The third kappa shape index (κ3) is 16.6. The van der Waals surface area contributed by atoms with Crippen molar-refractivity contribution >= 4 is 93.5 Å². The number of hydrogen-bond donors (Lipinski definition) is 4. The molecule has 0 bridgehead atoms. The van der Waals surface area contributed by atoms with Gasteiger partial charge in [-0.2, -0.15) is 47.0 Å². The number of aliphatic hydroxyl groups is 4. The van der Waals surface area contributed by atoms with Crippen molar-refractivity contribution in [1.82, 2.24) is 0 Å². The molecule has 4 nitrogen and oxygen atoms in total. The molecule has 0 radical (unpaired) electrons. The highest BCUT2D eigenvalue weighted by Gasteiger charge is 2.31. The van der Waals surface area contributed by atoms with Crippen molar-refractivity contribution in [2.75, 3.05) is 69.5 Å². The lowest BCUT2D eigenvalue weighted by Gasteiger charge is -2.34. The molecule has 0 rings (SSSR count). The Morgan fingerprint density at radius 2 is 0.690 bits per heavy atom. The van der Waals surface area contributed by atoms with Gasteiger partial charge >= 0.3 is 0 Å².